The molecule has 80 valence electrons. The van der Waals surface area contributed by atoms with Gasteiger partial charge in [0.15, 0.2) is 5.82 Å². The maximum absolute atomic E-state index is 10.4. The number of carbonyl (C=O) groups is 1. The Hall–Kier alpha value is -1.55. The number of rotatable bonds is 3. The van der Waals surface area contributed by atoms with Crippen LogP contribution in [0.4, 0.5) is 0 Å². The van der Waals surface area contributed by atoms with Crippen LogP contribution in [0.1, 0.15) is 5.69 Å². The zero-order chi connectivity index (χ0) is 11.4. The van der Waals surface area contributed by atoms with Crippen molar-refractivity contribution in [2.75, 3.05) is 0 Å². The van der Waals surface area contributed by atoms with Gasteiger partial charge in [0, 0.05) is 22.7 Å². The summed E-state index contributed by atoms with van der Waals surface area (Å²) in [7, 11) is 0. The molecule has 0 fully saturated rings. The van der Waals surface area contributed by atoms with Crippen molar-refractivity contribution in [2.24, 2.45) is 0 Å². The Bertz CT molecular complexity index is 497. The topological polar surface area (TPSA) is 42.9 Å². The predicted molar refractivity (Wildman–Crippen MR) is 64.9 cm³/mol. The van der Waals surface area contributed by atoms with Gasteiger partial charge in [0.25, 0.3) is 0 Å². The summed E-state index contributed by atoms with van der Waals surface area (Å²) in [6, 6.07) is 9.49. The van der Waals surface area contributed by atoms with E-state index < -0.39 is 0 Å². The lowest BCUT2D eigenvalue weighted by atomic mass is 10.2. The monoisotopic (exact) mass is 276 g/mol. The summed E-state index contributed by atoms with van der Waals surface area (Å²) in [5.74, 6) is 0.645. The summed E-state index contributed by atoms with van der Waals surface area (Å²) in [6.07, 6.45) is 2.84. The number of aldehydes is 1. The van der Waals surface area contributed by atoms with Crippen LogP contribution in [0.2, 0.25) is 0 Å². The van der Waals surface area contributed by atoms with Crippen molar-refractivity contribution in [1.29, 1.82) is 0 Å². The molecular weight excluding hydrogens is 268 g/mol. The van der Waals surface area contributed by atoms with Gasteiger partial charge in [-0.1, -0.05) is 28.1 Å². The minimum atomic E-state index is 0.325. The second-order valence-corrected chi connectivity index (χ2v) is 4.16. The molecule has 1 heterocycles. The number of benzene rings is 1. The fourth-order valence-electron chi connectivity index (χ4n) is 1.33. The van der Waals surface area contributed by atoms with Crippen LogP contribution < -0.4 is 0 Å². The molecule has 0 atom stereocenters. The third kappa shape index (κ3) is 2.52. The van der Waals surface area contributed by atoms with Crippen LogP contribution in [0.15, 0.2) is 41.0 Å². The Balaban J connectivity index is 2.36. The van der Waals surface area contributed by atoms with E-state index >= 15 is 0 Å². The Morgan fingerprint density at radius 3 is 2.62 bits per heavy atom. The van der Waals surface area contributed by atoms with Gasteiger partial charge in [-0.25, -0.2) is 9.97 Å². The second kappa shape index (κ2) is 4.99. The summed E-state index contributed by atoms with van der Waals surface area (Å²) >= 11 is 3.37. The van der Waals surface area contributed by atoms with Crippen molar-refractivity contribution in [2.45, 2.75) is 6.42 Å². The average Bonchev–Trinajstić information content (AvgIpc) is 2.31. The van der Waals surface area contributed by atoms with Crippen molar-refractivity contribution < 1.29 is 4.79 Å². The number of aromatic nitrogens is 2. The summed E-state index contributed by atoms with van der Waals surface area (Å²) in [6.45, 7) is 0. The number of hydrogen-bond donors (Lipinski definition) is 0. The first-order valence-corrected chi connectivity index (χ1v) is 5.60. The molecule has 2 rings (SSSR count). The number of nitrogens with zero attached hydrogens (tertiary/aromatic N) is 2. The Kier molecular flexibility index (Phi) is 3.41. The van der Waals surface area contributed by atoms with E-state index in [2.05, 4.69) is 25.9 Å². The van der Waals surface area contributed by atoms with Gasteiger partial charge in [0.05, 0.1) is 5.69 Å². The number of hydrogen-bond acceptors (Lipinski definition) is 3. The fourth-order valence-corrected chi connectivity index (χ4v) is 1.60. The van der Waals surface area contributed by atoms with Crippen molar-refractivity contribution in [3.8, 4) is 11.4 Å². The molecule has 0 spiro atoms. The largest absolute Gasteiger partial charge is 0.303 e. The van der Waals surface area contributed by atoms with Gasteiger partial charge in [-0.2, -0.15) is 0 Å². The first-order chi connectivity index (χ1) is 7.79. The zero-order valence-electron chi connectivity index (χ0n) is 8.43. The zero-order valence-corrected chi connectivity index (χ0v) is 10.0. The second-order valence-electron chi connectivity index (χ2n) is 3.25. The van der Waals surface area contributed by atoms with Crippen LogP contribution in [-0.2, 0) is 11.2 Å². The smallest absolute Gasteiger partial charge is 0.159 e. The van der Waals surface area contributed by atoms with Crippen molar-refractivity contribution in [3.63, 3.8) is 0 Å². The first-order valence-electron chi connectivity index (χ1n) is 4.81. The van der Waals surface area contributed by atoms with Gasteiger partial charge in [0.2, 0.25) is 0 Å². The standard InChI is InChI=1S/C12H9BrN2O/c13-10-3-1-9(2-4-10)12-14-7-5-11(15-12)6-8-16/h1-5,7-8H,6H2. The maximum Gasteiger partial charge on any atom is 0.159 e. The van der Waals surface area contributed by atoms with E-state index in [4.69, 9.17) is 0 Å². The highest BCUT2D eigenvalue weighted by molar-refractivity contribution is 9.10. The van der Waals surface area contributed by atoms with Crippen LogP contribution in [0.5, 0.6) is 0 Å². The molecule has 0 saturated carbocycles. The van der Waals surface area contributed by atoms with Crippen LogP contribution in [0.3, 0.4) is 0 Å². The lowest BCUT2D eigenvalue weighted by Crippen LogP contribution is -1.95. The lowest BCUT2D eigenvalue weighted by molar-refractivity contribution is -0.107. The lowest BCUT2D eigenvalue weighted by Gasteiger charge is -2.01. The number of halogens is 1. The van der Waals surface area contributed by atoms with Gasteiger partial charge in [-0.15, -0.1) is 0 Å². The third-order valence-electron chi connectivity index (χ3n) is 2.11. The van der Waals surface area contributed by atoms with E-state index in [9.17, 15) is 4.79 Å². The van der Waals surface area contributed by atoms with Crippen LogP contribution in [0.25, 0.3) is 11.4 Å². The van der Waals surface area contributed by atoms with E-state index in [1.165, 1.54) is 0 Å². The van der Waals surface area contributed by atoms with Gasteiger partial charge in [0.1, 0.15) is 6.29 Å². The summed E-state index contributed by atoms with van der Waals surface area (Å²) in [5.41, 5.74) is 1.68. The average molecular weight is 277 g/mol. The molecule has 0 aliphatic heterocycles. The molecule has 0 unspecified atom stereocenters. The Morgan fingerprint density at radius 2 is 1.94 bits per heavy atom. The Morgan fingerprint density at radius 1 is 1.19 bits per heavy atom. The first kappa shape index (κ1) is 11.0. The highest BCUT2D eigenvalue weighted by atomic mass is 79.9. The van der Waals surface area contributed by atoms with E-state index in [0.29, 0.717) is 12.2 Å². The normalized spacial score (nSPS) is 10.1. The van der Waals surface area contributed by atoms with E-state index in [1.807, 2.05) is 24.3 Å². The highest BCUT2D eigenvalue weighted by Gasteiger charge is 2.02. The molecule has 0 saturated heterocycles. The quantitative estimate of drug-likeness (QED) is 0.810. The fraction of sp³-hybridized carbons (Fsp3) is 0.0833. The molecule has 0 radical (unpaired) electrons. The molecule has 0 aliphatic rings. The van der Waals surface area contributed by atoms with Gasteiger partial charge >= 0.3 is 0 Å². The molecule has 1 aromatic carbocycles. The van der Waals surface area contributed by atoms with Gasteiger partial charge in [-0.05, 0) is 18.2 Å². The van der Waals surface area contributed by atoms with E-state index in [1.54, 1.807) is 12.3 Å². The molecule has 16 heavy (non-hydrogen) atoms. The molecule has 0 aliphatic carbocycles. The van der Waals surface area contributed by atoms with Crippen LogP contribution in [-0.4, -0.2) is 16.3 Å². The van der Waals surface area contributed by atoms with Crippen LogP contribution >= 0.6 is 15.9 Å². The molecule has 3 nitrogen and oxygen atoms in total. The van der Waals surface area contributed by atoms with Gasteiger partial charge < -0.3 is 4.79 Å². The maximum atomic E-state index is 10.4. The third-order valence-corrected chi connectivity index (χ3v) is 2.64. The molecule has 4 heteroatoms. The summed E-state index contributed by atoms with van der Waals surface area (Å²) in [5, 5.41) is 0. The number of carbonyl (C=O) groups excluding carboxylic acids is 1. The summed E-state index contributed by atoms with van der Waals surface area (Å²) in [4.78, 5) is 18.9. The molecular formula is C12H9BrN2O. The molecule has 1 aromatic heterocycles. The Labute approximate surface area is 102 Å². The van der Waals surface area contributed by atoms with Gasteiger partial charge in [-0.3, -0.25) is 0 Å². The van der Waals surface area contributed by atoms with E-state index in [-0.39, 0.29) is 0 Å². The summed E-state index contributed by atoms with van der Waals surface area (Å²) < 4.78 is 1.01. The highest BCUT2D eigenvalue weighted by Crippen LogP contribution is 2.18. The van der Waals surface area contributed by atoms with Crippen molar-refractivity contribution >= 4 is 22.2 Å². The molecule has 2 aromatic rings. The van der Waals surface area contributed by atoms with Crippen LogP contribution in [0, 0.1) is 0 Å². The predicted octanol–water partition coefficient (Wildman–Crippen LogP) is 2.65. The molecule has 0 bridgehead atoms. The van der Waals surface area contributed by atoms with Crippen molar-refractivity contribution in [1.82, 2.24) is 9.97 Å². The SMILES string of the molecule is O=CCc1ccnc(-c2ccc(Br)cc2)n1. The molecule has 0 amide bonds. The van der Waals surface area contributed by atoms with Crippen molar-refractivity contribution in [3.05, 3.63) is 46.7 Å². The minimum absolute atomic E-state index is 0.325. The van der Waals surface area contributed by atoms with E-state index in [0.717, 1.165) is 22.0 Å². The molecule has 0 N–H and O–H groups in total. The minimum Gasteiger partial charge on any atom is -0.303 e.